The van der Waals surface area contributed by atoms with E-state index in [-0.39, 0.29) is 6.09 Å². The smallest absolute Gasteiger partial charge is 0.409 e. The van der Waals surface area contributed by atoms with E-state index in [0.717, 1.165) is 25.9 Å². The van der Waals surface area contributed by atoms with Gasteiger partial charge in [0, 0.05) is 31.2 Å². The van der Waals surface area contributed by atoms with Gasteiger partial charge in [-0.15, -0.1) is 0 Å². The third-order valence-electron chi connectivity index (χ3n) is 4.55. The third kappa shape index (κ3) is 3.85. The number of hydrogen-bond acceptors (Lipinski definition) is 4. The third-order valence-corrected chi connectivity index (χ3v) is 4.55. The topological polar surface area (TPSA) is 44.8 Å². The van der Waals surface area contributed by atoms with E-state index in [4.69, 9.17) is 4.74 Å². The zero-order chi connectivity index (χ0) is 14.5. The lowest BCUT2D eigenvalue weighted by molar-refractivity contribution is 0.0154. The standard InChI is InChI=1S/C15H29N3O2/c1-4-20-15(19)17-10-8-14(9-11-17)16-18-12(2)6-5-7-13(18)3/h12-14,16H,4-11H2,1-3H3. The number of nitrogens with one attached hydrogen (secondary N) is 1. The van der Waals surface area contributed by atoms with Crippen molar-refractivity contribution in [3.63, 3.8) is 0 Å². The summed E-state index contributed by atoms with van der Waals surface area (Å²) in [6.07, 6.45) is 5.74. The van der Waals surface area contributed by atoms with Crippen molar-refractivity contribution in [1.29, 1.82) is 0 Å². The van der Waals surface area contributed by atoms with Gasteiger partial charge in [0.05, 0.1) is 6.61 Å². The monoisotopic (exact) mass is 283 g/mol. The van der Waals surface area contributed by atoms with Crippen molar-refractivity contribution in [2.75, 3.05) is 19.7 Å². The molecule has 0 bridgehead atoms. The highest BCUT2D eigenvalue weighted by Gasteiger charge is 2.29. The zero-order valence-electron chi connectivity index (χ0n) is 13.1. The molecule has 2 unspecified atom stereocenters. The quantitative estimate of drug-likeness (QED) is 0.863. The molecule has 2 saturated heterocycles. The second-order valence-electron chi connectivity index (χ2n) is 6.13. The molecule has 0 aliphatic carbocycles. The molecule has 116 valence electrons. The average molecular weight is 283 g/mol. The molecule has 2 fully saturated rings. The summed E-state index contributed by atoms with van der Waals surface area (Å²) < 4.78 is 5.06. The van der Waals surface area contributed by atoms with E-state index in [0.29, 0.717) is 24.7 Å². The molecule has 20 heavy (non-hydrogen) atoms. The number of carbonyl (C=O) groups is 1. The maximum Gasteiger partial charge on any atom is 0.409 e. The van der Waals surface area contributed by atoms with Crippen LogP contribution >= 0.6 is 0 Å². The van der Waals surface area contributed by atoms with Crippen LogP contribution in [0.1, 0.15) is 52.9 Å². The lowest BCUT2D eigenvalue weighted by atomic mass is 9.99. The molecule has 1 amide bonds. The first-order chi connectivity index (χ1) is 9.61. The average Bonchev–Trinajstić information content (AvgIpc) is 2.44. The van der Waals surface area contributed by atoms with Gasteiger partial charge in [-0.25, -0.2) is 9.80 Å². The molecule has 0 aromatic heterocycles. The van der Waals surface area contributed by atoms with Gasteiger partial charge in [0.15, 0.2) is 0 Å². The van der Waals surface area contributed by atoms with Crippen LogP contribution in [-0.2, 0) is 4.74 Å². The van der Waals surface area contributed by atoms with Crippen LogP contribution in [0.5, 0.6) is 0 Å². The van der Waals surface area contributed by atoms with E-state index in [2.05, 4.69) is 24.3 Å². The SMILES string of the molecule is CCOC(=O)N1CCC(NN2C(C)CCCC2C)CC1. The maximum atomic E-state index is 11.7. The summed E-state index contributed by atoms with van der Waals surface area (Å²) in [5.74, 6) is 0. The molecular weight excluding hydrogens is 254 g/mol. The fourth-order valence-corrected chi connectivity index (χ4v) is 3.29. The molecule has 0 saturated carbocycles. The van der Waals surface area contributed by atoms with Gasteiger partial charge in [0.1, 0.15) is 0 Å². The Morgan fingerprint density at radius 3 is 2.30 bits per heavy atom. The molecule has 2 rings (SSSR count). The van der Waals surface area contributed by atoms with Crippen molar-refractivity contribution in [1.82, 2.24) is 15.3 Å². The Kier molecular flexibility index (Phi) is 5.66. The Labute approximate surface area is 122 Å². The van der Waals surface area contributed by atoms with Crippen LogP contribution in [0.3, 0.4) is 0 Å². The number of hydrazine groups is 1. The summed E-state index contributed by atoms with van der Waals surface area (Å²) in [6.45, 7) is 8.51. The number of ether oxygens (including phenoxy) is 1. The van der Waals surface area contributed by atoms with E-state index >= 15 is 0 Å². The molecule has 0 radical (unpaired) electrons. The lowest BCUT2D eigenvalue weighted by Crippen LogP contribution is -2.57. The van der Waals surface area contributed by atoms with E-state index in [9.17, 15) is 4.79 Å². The van der Waals surface area contributed by atoms with Gasteiger partial charge in [0.2, 0.25) is 0 Å². The Morgan fingerprint density at radius 1 is 1.15 bits per heavy atom. The molecule has 2 aliphatic heterocycles. The first kappa shape index (κ1) is 15.6. The van der Waals surface area contributed by atoms with Crippen LogP contribution in [0.15, 0.2) is 0 Å². The Balaban J connectivity index is 1.77. The first-order valence-corrected chi connectivity index (χ1v) is 8.08. The van der Waals surface area contributed by atoms with Gasteiger partial charge in [-0.1, -0.05) is 6.42 Å². The van der Waals surface area contributed by atoms with Gasteiger partial charge in [-0.05, 0) is 46.5 Å². The minimum atomic E-state index is -0.161. The minimum absolute atomic E-state index is 0.161. The van der Waals surface area contributed by atoms with Crippen molar-refractivity contribution < 1.29 is 9.53 Å². The number of piperidine rings is 2. The first-order valence-electron chi connectivity index (χ1n) is 8.08. The summed E-state index contributed by atoms with van der Waals surface area (Å²) in [4.78, 5) is 13.5. The maximum absolute atomic E-state index is 11.7. The highest BCUT2D eigenvalue weighted by Crippen LogP contribution is 2.22. The molecule has 2 aliphatic rings. The van der Waals surface area contributed by atoms with E-state index in [1.54, 1.807) is 0 Å². The number of carbonyl (C=O) groups excluding carboxylic acids is 1. The van der Waals surface area contributed by atoms with Crippen LogP contribution < -0.4 is 5.43 Å². The Bertz CT molecular complexity index is 306. The predicted octanol–water partition coefficient (Wildman–Crippen LogP) is 2.37. The molecule has 2 atom stereocenters. The summed E-state index contributed by atoms with van der Waals surface area (Å²) in [5, 5.41) is 2.44. The Hall–Kier alpha value is -0.810. The molecule has 5 nitrogen and oxygen atoms in total. The molecule has 5 heteroatoms. The Morgan fingerprint density at radius 2 is 1.75 bits per heavy atom. The summed E-state index contributed by atoms with van der Waals surface area (Å²) in [7, 11) is 0. The van der Waals surface area contributed by atoms with Gasteiger partial charge >= 0.3 is 6.09 Å². The molecular formula is C15H29N3O2. The van der Waals surface area contributed by atoms with Crippen LogP contribution in [0.4, 0.5) is 4.79 Å². The minimum Gasteiger partial charge on any atom is -0.450 e. The van der Waals surface area contributed by atoms with E-state index in [1.165, 1.54) is 19.3 Å². The molecule has 1 N–H and O–H groups in total. The van der Waals surface area contributed by atoms with Gasteiger partial charge in [-0.2, -0.15) is 0 Å². The largest absolute Gasteiger partial charge is 0.450 e. The van der Waals surface area contributed by atoms with E-state index in [1.807, 2.05) is 11.8 Å². The summed E-state index contributed by atoms with van der Waals surface area (Å²) in [5.41, 5.74) is 3.70. The highest BCUT2D eigenvalue weighted by molar-refractivity contribution is 5.67. The van der Waals surface area contributed by atoms with Crippen molar-refractivity contribution in [2.24, 2.45) is 0 Å². The van der Waals surface area contributed by atoms with Crippen LogP contribution in [0, 0.1) is 0 Å². The van der Waals surface area contributed by atoms with Gasteiger partial charge < -0.3 is 9.64 Å². The van der Waals surface area contributed by atoms with E-state index < -0.39 is 0 Å². The van der Waals surface area contributed by atoms with Crippen molar-refractivity contribution in [2.45, 2.75) is 71.0 Å². The van der Waals surface area contributed by atoms with Crippen LogP contribution in [0.25, 0.3) is 0 Å². The van der Waals surface area contributed by atoms with Crippen LogP contribution in [-0.4, -0.2) is 53.8 Å². The van der Waals surface area contributed by atoms with Crippen molar-refractivity contribution in [3.05, 3.63) is 0 Å². The molecule has 0 aromatic carbocycles. The normalized spacial score (nSPS) is 29.4. The number of rotatable bonds is 3. The fraction of sp³-hybridized carbons (Fsp3) is 0.933. The van der Waals surface area contributed by atoms with Crippen molar-refractivity contribution >= 4 is 6.09 Å². The van der Waals surface area contributed by atoms with Crippen LogP contribution in [0.2, 0.25) is 0 Å². The van der Waals surface area contributed by atoms with Gasteiger partial charge in [-0.3, -0.25) is 5.43 Å². The fourth-order valence-electron chi connectivity index (χ4n) is 3.29. The number of hydrogen-bond donors (Lipinski definition) is 1. The van der Waals surface area contributed by atoms with Crippen molar-refractivity contribution in [3.8, 4) is 0 Å². The second kappa shape index (κ2) is 7.27. The number of nitrogens with zero attached hydrogens (tertiary/aromatic N) is 2. The molecule has 2 heterocycles. The number of likely N-dealkylation sites (tertiary alicyclic amines) is 1. The lowest BCUT2D eigenvalue weighted by Gasteiger charge is -2.43. The molecule has 0 spiro atoms. The predicted molar refractivity (Wildman–Crippen MR) is 79.4 cm³/mol. The zero-order valence-corrected chi connectivity index (χ0v) is 13.1. The summed E-state index contributed by atoms with van der Waals surface area (Å²) in [6, 6.07) is 1.72. The molecule has 0 aromatic rings. The number of amides is 1. The second-order valence-corrected chi connectivity index (χ2v) is 6.13. The van der Waals surface area contributed by atoms with Gasteiger partial charge in [0.25, 0.3) is 0 Å². The highest BCUT2D eigenvalue weighted by atomic mass is 16.6. The summed E-state index contributed by atoms with van der Waals surface area (Å²) >= 11 is 0.